The van der Waals surface area contributed by atoms with Crippen LogP contribution in [0.4, 0.5) is 5.13 Å². The van der Waals surface area contributed by atoms with Crippen molar-refractivity contribution in [3.05, 3.63) is 36.9 Å². The second kappa shape index (κ2) is 8.91. The summed E-state index contributed by atoms with van der Waals surface area (Å²) in [4.78, 5) is 14.0. The number of rotatable bonds is 8. The van der Waals surface area contributed by atoms with Crippen molar-refractivity contribution >= 4 is 34.1 Å². The molecule has 1 N–H and O–H groups in total. The summed E-state index contributed by atoms with van der Waals surface area (Å²) in [6.45, 7) is 5.17. The third kappa shape index (κ3) is 4.89. The van der Waals surface area contributed by atoms with Crippen LogP contribution in [0, 0.1) is 0 Å². The van der Waals surface area contributed by atoms with Crippen LogP contribution < -0.4 is 14.8 Å². The van der Waals surface area contributed by atoms with Crippen molar-refractivity contribution < 1.29 is 14.3 Å². The number of likely N-dealkylation sites (N-methyl/N-ethyl adjacent to an activating group) is 1. The van der Waals surface area contributed by atoms with Gasteiger partial charge in [0.2, 0.25) is 11.0 Å². The fourth-order valence-electron chi connectivity index (χ4n) is 2.29. The number of amides is 1. The lowest BCUT2D eigenvalue weighted by atomic mass is 10.2. The van der Waals surface area contributed by atoms with E-state index in [1.807, 2.05) is 24.3 Å². The molecule has 1 aliphatic rings. The SMILES string of the molecule is C=CCNc1nnc(SCC(=O)N(C)C[C@H]2COc3ccccc3O2)s1. The van der Waals surface area contributed by atoms with Crippen LogP contribution in [0.1, 0.15) is 0 Å². The number of carbonyl (C=O) groups is 1. The number of ether oxygens (including phenoxy) is 2. The van der Waals surface area contributed by atoms with Crippen molar-refractivity contribution in [1.82, 2.24) is 15.1 Å². The molecule has 2 aromatic rings. The van der Waals surface area contributed by atoms with Gasteiger partial charge in [0.1, 0.15) is 6.61 Å². The Morgan fingerprint density at radius 1 is 1.46 bits per heavy atom. The van der Waals surface area contributed by atoms with E-state index in [4.69, 9.17) is 9.47 Å². The molecule has 0 unspecified atom stereocenters. The molecule has 0 fully saturated rings. The Morgan fingerprint density at radius 2 is 2.27 bits per heavy atom. The van der Waals surface area contributed by atoms with Crippen molar-refractivity contribution in [3.8, 4) is 11.5 Å². The average molecular weight is 393 g/mol. The van der Waals surface area contributed by atoms with Crippen molar-refractivity contribution in [2.24, 2.45) is 0 Å². The van der Waals surface area contributed by atoms with Crippen molar-refractivity contribution in [2.75, 3.05) is 37.8 Å². The van der Waals surface area contributed by atoms with E-state index in [0.717, 1.165) is 15.2 Å². The summed E-state index contributed by atoms with van der Waals surface area (Å²) in [7, 11) is 1.77. The van der Waals surface area contributed by atoms with Gasteiger partial charge in [0.25, 0.3) is 0 Å². The maximum atomic E-state index is 12.4. The van der Waals surface area contributed by atoms with Crippen LogP contribution in [-0.4, -0.2) is 59.6 Å². The highest BCUT2D eigenvalue weighted by Crippen LogP contribution is 2.31. The van der Waals surface area contributed by atoms with Gasteiger partial charge in [-0.25, -0.2) is 0 Å². The third-order valence-corrected chi connectivity index (χ3v) is 5.59. The minimum atomic E-state index is -0.180. The maximum absolute atomic E-state index is 12.4. The number of hydrogen-bond donors (Lipinski definition) is 1. The highest BCUT2D eigenvalue weighted by molar-refractivity contribution is 8.01. The molecule has 0 aliphatic carbocycles. The van der Waals surface area contributed by atoms with Crippen LogP contribution in [0.5, 0.6) is 11.5 Å². The van der Waals surface area contributed by atoms with Crippen LogP contribution in [0.3, 0.4) is 0 Å². The Hall–Kier alpha value is -2.26. The third-order valence-electron chi connectivity index (χ3n) is 3.59. The van der Waals surface area contributed by atoms with E-state index < -0.39 is 0 Å². The predicted molar refractivity (Wildman–Crippen MR) is 103 cm³/mol. The highest BCUT2D eigenvalue weighted by Gasteiger charge is 2.23. The van der Waals surface area contributed by atoms with E-state index in [1.165, 1.54) is 23.1 Å². The summed E-state index contributed by atoms with van der Waals surface area (Å²) in [6.07, 6.45) is 1.57. The molecule has 3 rings (SSSR count). The molecule has 0 bridgehead atoms. The summed E-state index contributed by atoms with van der Waals surface area (Å²) in [5.41, 5.74) is 0. The van der Waals surface area contributed by atoms with Gasteiger partial charge >= 0.3 is 0 Å². The van der Waals surface area contributed by atoms with Gasteiger partial charge in [0, 0.05) is 13.6 Å². The van der Waals surface area contributed by atoms with Gasteiger partial charge in [-0.05, 0) is 12.1 Å². The lowest BCUT2D eigenvalue weighted by Crippen LogP contribution is -2.42. The van der Waals surface area contributed by atoms with E-state index >= 15 is 0 Å². The molecule has 1 aromatic carbocycles. The molecule has 0 spiro atoms. The standard InChI is InChI=1S/C17H20N4O3S2/c1-3-8-18-16-19-20-17(26-16)25-11-15(22)21(2)9-12-10-23-13-6-4-5-7-14(13)24-12/h3-7,12H,1,8-11H2,2H3,(H,18,19)/t12-/m0/s1. The molecule has 26 heavy (non-hydrogen) atoms. The number of nitrogens with one attached hydrogen (secondary N) is 1. The Kier molecular flexibility index (Phi) is 6.35. The molecule has 7 nitrogen and oxygen atoms in total. The first kappa shape index (κ1) is 18.5. The molecule has 1 atom stereocenters. The second-order valence-corrected chi connectivity index (χ2v) is 7.80. The number of hydrogen-bond acceptors (Lipinski definition) is 8. The number of aromatic nitrogens is 2. The summed E-state index contributed by atoms with van der Waals surface area (Å²) in [5.74, 6) is 1.77. The van der Waals surface area contributed by atoms with Gasteiger partial charge < -0.3 is 19.7 Å². The zero-order chi connectivity index (χ0) is 18.4. The van der Waals surface area contributed by atoms with E-state index in [1.54, 1.807) is 18.0 Å². The molecule has 1 aliphatic heterocycles. The topological polar surface area (TPSA) is 76.6 Å². The Balaban J connectivity index is 1.45. The zero-order valence-corrected chi connectivity index (χ0v) is 16.0. The number of thioether (sulfide) groups is 1. The number of nitrogens with zero attached hydrogens (tertiary/aromatic N) is 3. The van der Waals surface area contributed by atoms with Gasteiger partial charge in [-0.15, -0.1) is 16.8 Å². The number of anilines is 1. The number of fused-ring (bicyclic) bond motifs is 1. The molecule has 138 valence electrons. The van der Waals surface area contributed by atoms with Gasteiger partial charge in [0.15, 0.2) is 21.9 Å². The molecule has 2 heterocycles. The van der Waals surface area contributed by atoms with Crippen LogP contribution in [-0.2, 0) is 4.79 Å². The monoisotopic (exact) mass is 392 g/mol. The lowest BCUT2D eigenvalue weighted by molar-refractivity contribution is -0.128. The average Bonchev–Trinajstić information content (AvgIpc) is 3.12. The molecular formula is C17H20N4O3S2. The normalized spacial score (nSPS) is 15.3. The summed E-state index contributed by atoms with van der Waals surface area (Å²) < 4.78 is 12.3. The minimum absolute atomic E-state index is 0.00765. The Morgan fingerprint density at radius 3 is 3.08 bits per heavy atom. The maximum Gasteiger partial charge on any atom is 0.232 e. The van der Waals surface area contributed by atoms with Crippen LogP contribution in [0.2, 0.25) is 0 Å². The fourth-order valence-corrected chi connectivity index (χ4v) is 3.99. The Labute approximate surface area is 160 Å². The van der Waals surface area contributed by atoms with E-state index in [9.17, 15) is 4.79 Å². The van der Waals surface area contributed by atoms with Crippen molar-refractivity contribution in [2.45, 2.75) is 10.4 Å². The lowest BCUT2D eigenvalue weighted by Gasteiger charge is -2.29. The molecule has 1 amide bonds. The summed E-state index contributed by atoms with van der Waals surface area (Å²) >= 11 is 2.80. The summed E-state index contributed by atoms with van der Waals surface area (Å²) in [5, 5.41) is 11.9. The smallest absolute Gasteiger partial charge is 0.232 e. The van der Waals surface area contributed by atoms with Crippen molar-refractivity contribution in [3.63, 3.8) is 0 Å². The highest BCUT2D eigenvalue weighted by atomic mass is 32.2. The number of para-hydroxylation sites is 2. The molecular weight excluding hydrogens is 372 g/mol. The number of carbonyl (C=O) groups excluding carboxylic acids is 1. The van der Waals surface area contributed by atoms with Gasteiger partial charge in [0.05, 0.1) is 12.3 Å². The first-order valence-electron chi connectivity index (χ1n) is 8.09. The zero-order valence-electron chi connectivity index (χ0n) is 14.4. The molecule has 0 saturated heterocycles. The predicted octanol–water partition coefficient (Wildman–Crippen LogP) is 2.53. The Bertz CT molecular complexity index is 768. The van der Waals surface area contributed by atoms with Crippen LogP contribution in [0.25, 0.3) is 0 Å². The second-order valence-electron chi connectivity index (χ2n) is 5.60. The molecule has 0 saturated carbocycles. The minimum Gasteiger partial charge on any atom is -0.486 e. The number of benzene rings is 1. The van der Waals surface area contributed by atoms with Gasteiger partial charge in [-0.3, -0.25) is 4.79 Å². The van der Waals surface area contributed by atoms with E-state index in [0.29, 0.717) is 31.2 Å². The molecule has 1 aromatic heterocycles. The molecule has 0 radical (unpaired) electrons. The molecule has 9 heteroatoms. The largest absolute Gasteiger partial charge is 0.486 e. The first-order valence-corrected chi connectivity index (χ1v) is 9.89. The van der Waals surface area contributed by atoms with Crippen LogP contribution >= 0.6 is 23.1 Å². The van der Waals surface area contributed by atoms with E-state index in [2.05, 4.69) is 22.1 Å². The fraction of sp³-hybridized carbons (Fsp3) is 0.353. The summed E-state index contributed by atoms with van der Waals surface area (Å²) in [6, 6.07) is 7.54. The van der Waals surface area contributed by atoms with Gasteiger partial charge in [-0.1, -0.05) is 41.3 Å². The van der Waals surface area contributed by atoms with Crippen LogP contribution in [0.15, 0.2) is 41.3 Å². The first-order chi connectivity index (χ1) is 12.7. The van der Waals surface area contributed by atoms with E-state index in [-0.39, 0.29) is 12.0 Å². The quantitative estimate of drug-likeness (QED) is 0.546. The van der Waals surface area contributed by atoms with Gasteiger partial charge in [-0.2, -0.15) is 0 Å². The van der Waals surface area contributed by atoms with Crippen molar-refractivity contribution in [1.29, 1.82) is 0 Å².